The van der Waals surface area contributed by atoms with E-state index in [-0.39, 0.29) is 6.10 Å². The number of likely N-dealkylation sites (N-methyl/N-ethyl adjacent to an activating group) is 1. The van der Waals surface area contributed by atoms with E-state index in [4.69, 9.17) is 27.9 Å². The van der Waals surface area contributed by atoms with Crippen LogP contribution in [-0.2, 0) is 4.74 Å². The van der Waals surface area contributed by atoms with E-state index in [1.165, 1.54) is 5.56 Å². The van der Waals surface area contributed by atoms with Crippen LogP contribution in [0.15, 0.2) is 18.2 Å². The zero-order chi connectivity index (χ0) is 13.8. The van der Waals surface area contributed by atoms with Crippen LogP contribution >= 0.6 is 23.2 Å². The molecule has 1 saturated heterocycles. The second-order valence-electron chi connectivity index (χ2n) is 4.89. The number of rotatable bonds is 4. The van der Waals surface area contributed by atoms with E-state index >= 15 is 0 Å². The van der Waals surface area contributed by atoms with E-state index in [9.17, 15) is 0 Å². The number of morpholine rings is 1. The van der Waals surface area contributed by atoms with Gasteiger partial charge in [-0.3, -0.25) is 4.90 Å². The Morgan fingerprint density at radius 3 is 2.89 bits per heavy atom. The lowest BCUT2D eigenvalue weighted by atomic mass is 10.1. The van der Waals surface area contributed by atoms with E-state index in [2.05, 4.69) is 17.1 Å². The first-order chi connectivity index (χ1) is 9.11. The first-order valence-corrected chi connectivity index (χ1v) is 7.32. The second kappa shape index (κ2) is 6.91. The predicted octanol–water partition coefficient (Wildman–Crippen LogP) is 2.97. The SMILES string of the molecule is CNCC1CN(C(C)c2ccc(Cl)c(Cl)c2)CCO1. The average Bonchev–Trinajstić information content (AvgIpc) is 2.42. The Morgan fingerprint density at radius 2 is 2.21 bits per heavy atom. The Morgan fingerprint density at radius 1 is 1.42 bits per heavy atom. The van der Waals surface area contributed by atoms with Crippen LogP contribution in [0.1, 0.15) is 18.5 Å². The standard InChI is InChI=1S/C14H20Cl2N2O/c1-10(11-3-4-13(15)14(16)7-11)18-5-6-19-12(9-18)8-17-2/h3-4,7,10,12,17H,5-6,8-9H2,1-2H3. The molecule has 106 valence electrons. The van der Waals surface area contributed by atoms with Crippen LogP contribution < -0.4 is 5.32 Å². The van der Waals surface area contributed by atoms with Gasteiger partial charge in [0.25, 0.3) is 0 Å². The molecule has 1 aromatic rings. The van der Waals surface area contributed by atoms with Gasteiger partial charge in [-0.15, -0.1) is 0 Å². The predicted molar refractivity (Wildman–Crippen MR) is 80.1 cm³/mol. The minimum atomic E-state index is 0.254. The summed E-state index contributed by atoms with van der Waals surface area (Å²) in [5.41, 5.74) is 1.19. The summed E-state index contributed by atoms with van der Waals surface area (Å²) in [6.07, 6.45) is 0.254. The van der Waals surface area contributed by atoms with E-state index in [0.29, 0.717) is 16.1 Å². The molecule has 1 N–H and O–H groups in total. The third-order valence-electron chi connectivity index (χ3n) is 3.58. The number of hydrogen-bond acceptors (Lipinski definition) is 3. The molecule has 0 bridgehead atoms. The molecule has 2 rings (SSSR count). The highest BCUT2D eigenvalue weighted by atomic mass is 35.5. The van der Waals surface area contributed by atoms with E-state index in [0.717, 1.165) is 26.2 Å². The van der Waals surface area contributed by atoms with Crippen molar-refractivity contribution >= 4 is 23.2 Å². The third-order valence-corrected chi connectivity index (χ3v) is 4.31. The van der Waals surface area contributed by atoms with Crippen LogP contribution in [0, 0.1) is 0 Å². The molecule has 3 nitrogen and oxygen atoms in total. The number of nitrogens with one attached hydrogen (secondary N) is 1. The molecule has 2 unspecified atom stereocenters. The molecule has 1 heterocycles. The van der Waals surface area contributed by atoms with Gasteiger partial charge < -0.3 is 10.1 Å². The normalized spacial score (nSPS) is 22.4. The Labute approximate surface area is 124 Å². The second-order valence-corrected chi connectivity index (χ2v) is 5.71. The van der Waals surface area contributed by atoms with Gasteiger partial charge in [0.15, 0.2) is 0 Å². The van der Waals surface area contributed by atoms with Gasteiger partial charge in [0.05, 0.1) is 22.8 Å². The van der Waals surface area contributed by atoms with E-state index in [1.807, 2.05) is 25.2 Å². The third kappa shape index (κ3) is 3.83. The minimum Gasteiger partial charge on any atom is -0.374 e. The molecule has 0 aromatic heterocycles. The van der Waals surface area contributed by atoms with Gasteiger partial charge in [-0.2, -0.15) is 0 Å². The van der Waals surface area contributed by atoms with Crippen molar-refractivity contribution in [2.24, 2.45) is 0 Å². The summed E-state index contributed by atoms with van der Waals surface area (Å²) in [5, 5.41) is 4.38. The average molecular weight is 303 g/mol. The summed E-state index contributed by atoms with van der Waals surface area (Å²) < 4.78 is 5.73. The fraction of sp³-hybridized carbons (Fsp3) is 0.571. The number of nitrogens with zero attached hydrogens (tertiary/aromatic N) is 1. The molecular formula is C14H20Cl2N2O. The number of benzene rings is 1. The fourth-order valence-electron chi connectivity index (χ4n) is 2.43. The number of ether oxygens (including phenoxy) is 1. The van der Waals surface area contributed by atoms with Crippen molar-refractivity contribution in [2.75, 3.05) is 33.3 Å². The molecule has 0 spiro atoms. The van der Waals surface area contributed by atoms with Crippen LogP contribution in [0.3, 0.4) is 0 Å². The first-order valence-electron chi connectivity index (χ1n) is 6.57. The lowest BCUT2D eigenvalue weighted by Gasteiger charge is -2.37. The lowest BCUT2D eigenvalue weighted by Crippen LogP contribution is -2.46. The minimum absolute atomic E-state index is 0.254. The maximum absolute atomic E-state index is 6.09. The van der Waals surface area contributed by atoms with Gasteiger partial charge in [-0.25, -0.2) is 0 Å². The highest BCUT2D eigenvalue weighted by Crippen LogP contribution is 2.28. The molecule has 1 aliphatic rings. The quantitative estimate of drug-likeness (QED) is 0.925. The zero-order valence-corrected chi connectivity index (χ0v) is 12.8. The molecule has 2 atom stereocenters. The van der Waals surface area contributed by atoms with Crippen molar-refractivity contribution in [1.82, 2.24) is 10.2 Å². The summed E-state index contributed by atoms with van der Waals surface area (Å²) in [5.74, 6) is 0. The van der Waals surface area contributed by atoms with Crippen LogP contribution in [0.25, 0.3) is 0 Å². The van der Waals surface area contributed by atoms with Crippen molar-refractivity contribution in [2.45, 2.75) is 19.1 Å². The summed E-state index contributed by atoms with van der Waals surface area (Å²) in [7, 11) is 1.95. The molecule has 0 saturated carbocycles. The Balaban J connectivity index is 2.05. The Hall–Kier alpha value is -0.320. The summed E-state index contributed by atoms with van der Waals surface area (Å²) in [6, 6.07) is 6.18. The highest BCUT2D eigenvalue weighted by molar-refractivity contribution is 6.42. The van der Waals surface area contributed by atoms with Crippen LogP contribution in [0.4, 0.5) is 0 Å². The topological polar surface area (TPSA) is 24.5 Å². The van der Waals surface area contributed by atoms with E-state index in [1.54, 1.807) is 0 Å². The molecule has 5 heteroatoms. The lowest BCUT2D eigenvalue weighted by molar-refractivity contribution is -0.0393. The van der Waals surface area contributed by atoms with Gasteiger partial charge in [-0.05, 0) is 31.7 Å². The van der Waals surface area contributed by atoms with E-state index < -0.39 is 0 Å². The van der Waals surface area contributed by atoms with Gasteiger partial charge in [0.2, 0.25) is 0 Å². The molecule has 1 fully saturated rings. The monoisotopic (exact) mass is 302 g/mol. The Bertz CT molecular complexity index is 426. The molecule has 0 amide bonds. The maximum Gasteiger partial charge on any atom is 0.0826 e. The van der Waals surface area contributed by atoms with Crippen molar-refractivity contribution < 1.29 is 4.74 Å². The van der Waals surface area contributed by atoms with Crippen molar-refractivity contribution in [3.8, 4) is 0 Å². The van der Waals surface area contributed by atoms with Gasteiger partial charge >= 0.3 is 0 Å². The molecule has 0 radical (unpaired) electrons. The van der Waals surface area contributed by atoms with Gasteiger partial charge in [0.1, 0.15) is 0 Å². The summed E-state index contributed by atoms with van der Waals surface area (Å²) in [6.45, 7) is 5.73. The number of halogens is 2. The van der Waals surface area contributed by atoms with Gasteiger partial charge in [0, 0.05) is 25.7 Å². The molecule has 1 aliphatic heterocycles. The molecule has 0 aliphatic carbocycles. The first kappa shape index (κ1) is 15.1. The molecular weight excluding hydrogens is 283 g/mol. The van der Waals surface area contributed by atoms with Crippen molar-refractivity contribution in [3.63, 3.8) is 0 Å². The smallest absolute Gasteiger partial charge is 0.0826 e. The van der Waals surface area contributed by atoms with Gasteiger partial charge in [-0.1, -0.05) is 29.3 Å². The van der Waals surface area contributed by atoms with Crippen LogP contribution in [-0.4, -0.2) is 44.3 Å². The van der Waals surface area contributed by atoms with Crippen molar-refractivity contribution in [1.29, 1.82) is 0 Å². The Kier molecular flexibility index (Phi) is 5.48. The number of hydrogen-bond donors (Lipinski definition) is 1. The fourth-order valence-corrected chi connectivity index (χ4v) is 2.73. The van der Waals surface area contributed by atoms with Crippen LogP contribution in [0.5, 0.6) is 0 Å². The molecule has 19 heavy (non-hydrogen) atoms. The summed E-state index contributed by atoms with van der Waals surface area (Å²) in [4.78, 5) is 2.42. The zero-order valence-electron chi connectivity index (χ0n) is 11.3. The highest BCUT2D eigenvalue weighted by Gasteiger charge is 2.24. The largest absolute Gasteiger partial charge is 0.374 e. The maximum atomic E-state index is 6.09. The van der Waals surface area contributed by atoms with Crippen LogP contribution in [0.2, 0.25) is 10.0 Å². The van der Waals surface area contributed by atoms with Crippen molar-refractivity contribution in [3.05, 3.63) is 33.8 Å². The summed E-state index contributed by atoms with van der Waals surface area (Å²) >= 11 is 12.1. The molecule has 1 aromatic carbocycles.